The van der Waals surface area contributed by atoms with Crippen LogP contribution in [0.2, 0.25) is 0 Å². The Morgan fingerprint density at radius 2 is 2.00 bits per heavy atom. The molecular weight excluding hydrogens is 408 g/mol. The molecule has 11 heteroatoms. The van der Waals surface area contributed by atoms with Crippen molar-refractivity contribution in [1.29, 1.82) is 0 Å². The number of aryl methyl sites for hydroxylation is 1. The minimum absolute atomic E-state index is 0.0833. The highest BCUT2D eigenvalue weighted by atomic mass is 32.1. The molecule has 2 N–H and O–H groups in total. The van der Waals surface area contributed by atoms with E-state index in [1.165, 1.54) is 25.1 Å². The van der Waals surface area contributed by atoms with Gasteiger partial charge in [0.2, 0.25) is 5.91 Å². The van der Waals surface area contributed by atoms with Gasteiger partial charge in [-0.25, -0.2) is 4.98 Å². The Kier molecular flexibility index (Phi) is 6.83. The third-order valence-corrected chi connectivity index (χ3v) is 5.14. The first-order valence-electron chi connectivity index (χ1n) is 9.42. The van der Waals surface area contributed by atoms with Gasteiger partial charge in [-0.3, -0.25) is 19.3 Å². The summed E-state index contributed by atoms with van der Waals surface area (Å²) in [4.78, 5) is 29.1. The van der Waals surface area contributed by atoms with Gasteiger partial charge in [0.05, 0.1) is 31.4 Å². The molecule has 30 heavy (non-hydrogen) atoms. The lowest BCUT2D eigenvalue weighted by atomic mass is 10.2. The first-order valence-corrected chi connectivity index (χ1v) is 9.83. The summed E-state index contributed by atoms with van der Waals surface area (Å²) in [6.07, 6.45) is 2.88. The second-order valence-electron chi connectivity index (χ2n) is 6.67. The third-order valence-electron chi connectivity index (χ3n) is 4.78. The maximum atomic E-state index is 12.7. The van der Waals surface area contributed by atoms with Crippen LogP contribution in [0.15, 0.2) is 23.3 Å². The summed E-state index contributed by atoms with van der Waals surface area (Å²) >= 11 is 5.06. The average molecular weight is 433 g/mol. The van der Waals surface area contributed by atoms with Crippen LogP contribution in [0.25, 0.3) is 10.9 Å². The molecule has 160 valence electrons. The molecule has 3 rings (SSSR count). The van der Waals surface area contributed by atoms with Gasteiger partial charge in [0, 0.05) is 39.0 Å². The van der Waals surface area contributed by atoms with Gasteiger partial charge in [0.15, 0.2) is 16.3 Å². The number of benzene rings is 1. The molecular formula is C19H24N6O4S. The molecule has 1 amide bonds. The zero-order valence-corrected chi connectivity index (χ0v) is 17.9. The van der Waals surface area contributed by atoms with Crippen molar-refractivity contribution in [2.24, 2.45) is 7.05 Å². The number of carbonyl (C=O) groups excluding carboxylic acids is 1. The summed E-state index contributed by atoms with van der Waals surface area (Å²) < 4.78 is 14.3. The molecule has 0 saturated heterocycles. The molecule has 0 aliphatic rings. The topological polar surface area (TPSA) is 116 Å². The summed E-state index contributed by atoms with van der Waals surface area (Å²) in [6.45, 7) is 0.850. The van der Waals surface area contributed by atoms with Crippen molar-refractivity contribution in [3.05, 3.63) is 39.4 Å². The standard InChI is InChI=1S/C19H24N6O4S/c1-24-16(22-23-19(24)30)6-7-20-17(26)5-4-8-25-11-21-13-10-15(29-3)14(28-2)9-12(13)18(25)27/h9-11H,4-8H2,1-3H3,(H,20,26)(H,23,30). The Balaban J connectivity index is 1.55. The molecule has 0 saturated carbocycles. The fourth-order valence-corrected chi connectivity index (χ4v) is 3.21. The molecule has 0 bridgehead atoms. The Bertz CT molecular complexity index is 1170. The number of amides is 1. The SMILES string of the molecule is COc1cc2ncn(CCCC(=O)NCCc3n[nH]c(=S)n3C)c(=O)c2cc1OC. The van der Waals surface area contributed by atoms with Gasteiger partial charge in [0.1, 0.15) is 5.82 Å². The number of nitrogens with one attached hydrogen (secondary N) is 2. The number of rotatable bonds is 9. The minimum Gasteiger partial charge on any atom is -0.493 e. The highest BCUT2D eigenvalue weighted by Crippen LogP contribution is 2.29. The molecule has 0 atom stereocenters. The van der Waals surface area contributed by atoms with Gasteiger partial charge < -0.3 is 19.4 Å². The van der Waals surface area contributed by atoms with E-state index in [0.29, 0.717) is 59.5 Å². The number of carbonyl (C=O) groups is 1. The van der Waals surface area contributed by atoms with E-state index >= 15 is 0 Å². The summed E-state index contributed by atoms with van der Waals surface area (Å²) in [6, 6.07) is 3.29. The fourth-order valence-electron chi connectivity index (χ4n) is 3.06. The maximum Gasteiger partial charge on any atom is 0.261 e. The zero-order chi connectivity index (χ0) is 21.7. The second-order valence-corrected chi connectivity index (χ2v) is 7.06. The van der Waals surface area contributed by atoms with E-state index in [1.807, 2.05) is 7.05 Å². The molecule has 2 aromatic heterocycles. The quantitative estimate of drug-likeness (QED) is 0.490. The van der Waals surface area contributed by atoms with Crippen molar-refractivity contribution in [2.75, 3.05) is 20.8 Å². The number of aromatic nitrogens is 5. The molecule has 3 aromatic rings. The molecule has 0 radical (unpaired) electrons. The van der Waals surface area contributed by atoms with Gasteiger partial charge in [0.25, 0.3) is 5.56 Å². The second kappa shape index (κ2) is 9.53. The minimum atomic E-state index is -0.188. The van der Waals surface area contributed by atoms with Crippen molar-refractivity contribution in [2.45, 2.75) is 25.8 Å². The molecule has 2 heterocycles. The Hall–Kier alpha value is -3.21. The summed E-state index contributed by atoms with van der Waals surface area (Å²) in [5.41, 5.74) is 0.340. The normalized spacial score (nSPS) is 10.9. The predicted molar refractivity (Wildman–Crippen MR) is 113 cm³/mol. The van der Waals surface area contributed by atoms with Crippen LogP contribution < -0.4 is 20.3 Å². The van der Waals surface area contributed by atoms with Crippen LogP contribution in [0.4, 0.5) is 0 Å². The van der Waals surface area contributed by atoms with Gasteiger partial charge in [-0.1, -0.05) is 0 Å². The van der Waals surface area contributed by atoms with Crippen LogP contribution in [0.3, 0.4) is 0 Å². The van der Waals surface area contributed by atoms with Crippen molar-refractivity contribution < 1.29 is 14.3 Å². The summed E-state index contributed by atoms with van der Waals surface area (Å²) in [5, 5.41) is 10.1. The predicted octanol–water partition coefficient (Wildman–Crippen LogP) is 1.34. The van der Waals surface area contributed by atoms with Crippen LogP contribution in [0.1, 0.15) is 18.7 Å². The molecule has 0 fully saturated rings. The van der Waals surface area contributed by atoms with E-state index in [0.717, 1.165) is 5.82 Å². The molecule has 0 aliphatic heterocycles. The number of nitrogens with zero attached hydrogens (tertiary/aromatic N) is 4. The summed E-state index contributed by atoms with van der Waals surface area (Å²) in [7, 11) is 4.87. The number of ether oxygens (including phenoxy) is 2. The highest BCUT2D eigenvalue weighted by Gasteiger charge is 2.11. The van der Waals surface area contributed by atoms with Crippen LogP contribution in [0.5, 0.6) is 11.5 Å². The van der Waals surface area contributed by atoms with E-state index in [9.17, 15) is 9.59 Å². The lowest BCUT2D eigenvalue weighted by Gasteiger charge is -2.10. The average Bonchev–Trinajstić information content (AvgIpc) is 3.06. The largest absolute Gasteiger partial charge is 0.493 e. The van der Waals surface area contributed by atoms with Crippen LogP contribution in [0, 0.1) is 4.77 Å². The highest BCUT2D eigenvalue weighted by molar-refractivity contribution is 7.71. The van der Waals surface area contributed by atoms with Gasteiger partial charge in [-0.15, -0.1) is 0 Å². The van der Waals surface area contributed by atoms with E-state index < -0.39 is 0 Å². The maximum absolute atomic E-state index is 12.7. The van der Waals surface area contributed by atoms with Crippen molar-refractivity contribution in [1.82, 2.24) is 29.6 Å². The van der Waals surface area contributed by atoms with Crippen LogP contribution in [-0.2, 0) is 24.8 Å². The Morgan fingerprint density at radius 3 is 2.67 bits per heavy atom. The van der Waals surface area contributed by atoms with Crippen molar-refractivity contribution in [3.8, 4) is 11.5 Å². The van der Waals surface area contributed by atoms with Crippen molar-refractivity contribution in [3.63, 3.8) is 0 Å². The molecule has 0 aliphatic carbocycles. The Labute approximate surface area is 177 Å². The summed E-state index contributed by atoms with van der Waals surface area (Å²) in [5.74, 6) is 1.68. The lowest BCUT2D eigenvalue weighted by molar-refractivity contribution is -0.121. The third kappa shape index (κ3) is 4.67. The molecule has 0 spiro atoms. The zero-order valence-electron chi connectivity index (χ0n) is 17.1. The fraction of sp³-hybridized carbons (Fsp3) is 0.421. The number of H-pyrrole nitrogens is 1. The molecule has 1 aromatic carbocycles. The first-order chi connectivity index (χ1) is 14.4. The number of aromatic amines is 1. The Morgan fingerprint density at radius 1 is 1.27 bits per heavy atom. The van der Waals surface area contributed by atoms with Gasteiger partial charge >= 0.3 is 0 Å². The monoisotopic (exact) mass is 432 g/mol. The number of methoxy groups -OCH3 is 2. The van der Waals surface area contributed by atoms with Gasteiger partial charge in [-0.2, -0.15) is 5.10 Å². The number of hydrogen-bond donors (Lipinski definition) is 2. The van der Waals surface area contributed by atoms with Gasteiger partial charge in [-0.05, 0) is 24.7 Å². The number of hydrogen-bond acceptors (Lipinski definition) is 7. The van der Waals surface area contributed by atoms with E-state index in [1.54, 1.807) is 16.7 Å². The molecule has 0 unspecified atom stereocenters. The van der Waals surface area contributed by atoms with Crippen LogP contribution in [-0.4, -0.2) is 51.0 Å². The molecule has 10 nitrogen and oxygen atoms in total. The van der Waals surface area contributed by atoms with Crippen LogP contribution >= 0.6 is 12.2 Å². The van der Waals surface area contributed by atoms with E-state index in [4.69, 9.17) is 21.7 Å². The van der Waals surface area contributed by atoms with E-state index in [2.05, 4.69) is 20.5 Å². The van der Waals surface area contributed by atoms with E-state index in [-0.39, 0.29) is 11.5 Å². The smallest absolute Gasteiger partial charge is 0.261 e. The number of fused-ring (bicyclic) bond motifs is 1. The first kappa shape index (κ1) is 21.5. The van der Waals surface area contributed by atoms with Crippen molar-refractivity contribution >= 4 is 29.0 Å². The lowest BCUT2D eigenvalue weighted by Crippen LogP contribution is -2.27.